The molecule has 94 valence electrons. The number of thiazole rings is 1. The van der Waals surface area contributed by atoms with E-state index in [2.05, 4.69) is 5.32 Å². The van der Waals surface area contributed by atoms with Crippen molar-refractivity contribution in [3.05, 3.63) is 15.6 Å². The first kappa shape index (κ1) is 11.6. The molecule has 0 aliphatic heterocycles. The molecule has 0 radical (unpaired) electrons. The summed E-state index contributed by atoms with van der Waals surface area (Å²) in [5.74, 6) is 0.763. The van der Waals surface area contributed by atoms with Crippen LogP contribution in [0.25, 0.3) is 0 Å². The van der Waals surface area contributed by atoms with E-state index in [1.807, 2.05) is 11.3 Å². The van der Waals surface area contributed by atoms with Crippen molar-refractivity contribution >= 4 is 11.3 Å². The van der Waals surface area contributed by atoms with Gasteiger partial charge in [-0.2, -0.15) is 0 Å². The number of nitrogens with zero attached hydrogens (tertiary/aromatic N) is 1. The maximum Gasteiger partial charge on any atom is 0.0954 e. The lowest BCUT2D eigenvalue weighted by atomic mass is 10.2. The molecule has 0 aromatic carbocycles. The average Bonchev–Trinajstić information content (AvgIpc) is 3.23. The zero-order valence-corrected chi connectivity index (χ0v) is 11.2. The van der Waals surface area contributed by atoms with Crippen LogP contribution in [0.1, 0.15) is 47.2 Å². The molecule has 0 unspecified atom stereocenters. The molecule has 0 amide bonds. The van der Waals surface area contributed by atoms with Gasteiger partial charge in [-0.3, -0.25) is 0 Å². The maximum absolute atomic E-state index is 5.13. The predicted octanol–water partition coefficient (Wildman–Crippen LogP) is 2.46. The van der Waals surface area contributed by atoms with E-state index in [1.165, 1.54) is 41.3 Å². The average molecular weight is 252 g/mol. The van der Waals surface area contributed by atoms with E-state index < -0.39 is 0 Å². The highest BCUT2D eigenvalue weighted by atomic mass is 32.1. The lowest BCUT2D eigenvalue weighted by molar-refractivity contribution is 0.202. The zero-order valence-electron chi connectivity index (χ0n) is 10.4. The second-order valence-corrected chi connectivity index (χ2v) is 6.26. The summed E-state index contributed by atoms with van der Waals surface area (Å²) in [6, 6.07) is 0.784. The highest BCUT2D eigenvalue weighted by molar-refractivity contribution is 7.11. The summed E-state index contributed by atoms with van der Waals surface area (Å²) in [6.07, 6.45) is 6.35. The van der Waals surface area contributed by atoms with E-state index in [9.17, 15) is 0 Å². The first-order valence-electron chi connectivity index (χ1n) is 6.57. The van der Waals surface area contributed by atoms with Crippen LogP contribution in [0.2, 0.25) is 0 Å². The summed E-state index contributed by atoms with van der Waals surface area (Å²) < 4.78 is 5.13. The van der Waals surface area contributed by atoms with E-state index in [1.54, 1.807) is 7.11 Å². The van der Waals surface area contributed by atoms with E-state index in [0.717, 1.165) is 31.5 Å². The molecule has 2 aliphatic rings. The Morgan fingerprint density at radius 2 is 2.18 bits per heavy atom. The molecule has 2 fully saturated rings. The Kier molecular flexibility index (Phi) is 3.45. The Labute approximate surface area is 107 Å². The van der Waals surface area contributed by atoms with E-state index in [4.69, 9.17) is 9.72 Å². The maximum atomic E-state index is 5.13. The molecule has 0 atom stereocenters. The van der Waals surface area contributed by atoms with Crippen LogP contribution in [-0.2, 0) is 17.7 Å². The Morgan fingerprint density at radius 1 is 1.35 bits per heavy atom. The molecular formula is C13H20N2OS. The van der Waals surface area contributed by atoms with Crippen molar-refractivity contribution in [2.24, 2.45) is 0 Å². The second kappa shape index (κ2) is 5.04. The monoisotopic (exact) mass is 252 g/mol. The highest BCUT2D eigenvalue weighted by Crippen LogP contribution is 2.42. The summed E-state index contributed by atoms with van der Waals surface area (Å²) >= 11 is 1.88. The molecule has 1 aromatic heterocycles. The molecule has 3 rings (SSSR count). The van der Waals surface area contributed by atoms with Gasteiger partial charge in [-0.1, -0.05) is 0 Å². The van der Waals surface area contributed by atoms with Gasteiger partial charge >= 0.3 is 0 Å². The number of ether oxygens (including phenoxy) is 1. The third-order valence-corrected chi connectivity index (χ3v) is 4.52. The third-order valence-electron chi connectivity index (χ3n) is 3.38. The summed E-state index contributed by atoms with van der Waals surface area (Å²) in [5.41, 5.74) is 1.38. The van der Waals surface area contributed by atoms with Gasteiger partial charge < -0.3 is 10.1 Å². The topological polar surface area (TPSA) is 34.1 Å². The summed E-state index contributed by atoms with van der Waals surface area (Å²) in [4.78, 5) is 6.28. The van der Waals surface area contributed by atoms with Crippen LogP contribution in [0.5, 0.6) is 0 Å². The van der Waals surface area contributed by atoms with Crippen LogP contribution in [0.3, 0.4) is 0 Å². The minimum absolute atomic E-state index is 0.763. The van der Waals surface area contributed by atoms with Gasteiger partial charge in [0.15, 0.2) is 0 Å². The molecule has 17 heavy (non-hydrogen) atoms. The minimum atomic E-state index is 0.763. The molecule has 0 saturated heterocycles. The minimum Gasteiger partial charge on any atom is -0.384 e. The van der Waals surface area contributed by atoms with Crippen LogP contribution in [-0.4, -0.2) is 24.7 Å². The van der Waals surface area contributed by atoms with E-state index >= 15 is 0 Å². The fraction of sp³-hybridized carbons (Fsp3) is 0.769. The van der Waals surface area contributed by atoms with Gasteiger partial charge in [0, 0.05) is 36.9 Å². The summed E-state index contributed by atoms with van der Waals surface area (Å²) in [6.45, 7) is 1.81. The number of methoxy groups -OCH3 is 1. The van der Waals surface area contributed by atoms with Crippen LogP contribution in [0.15, 0.2) is 0 Å². The first-order chi connectivity index (χ1) is 8.36. The van der Waals surface area contributed by atoms with Gasteiger partial charge in [0.05, 0.1) is 17.3 Å². The lowest BCUT2D eigenvalue weighted by Gasteiger charge is -2.01. The fourth-order valence-corrected chi connectivity index (χ4v) is 3.12. The van der Waals surface area contributed by atoms with E-state index in [-0.39, 0.29) is 0 Å². The van der Waals surface area contributed by atoms with Crippen molar-refractivity contribution in [2.45, 2.75) is 50.6 Å². The Balaban J connectivity index is 1.66. The smallest absolute Gasteiger partial charge is 0.0954 e. The van der Waals surface area contributed by atoms with Gasteiger partial charge in [0.25, 0.3) is 0 Å². The van der Waals surface area contributed by atoms with Gasteiger partial charge in [-0.25, -0.2) is 4.98 Å². The van der Waals surface area contributed by atoms with Crippen molar-refractivity contribution < 1.29 is 4.74 Å². The number of aromatic nitrogens is 1. The van der Waals surface area contributed by atoms with Gasteiger partial charge in [-0.05, 0) is 25.7 Å². The van der Waals surface area contributed by atoms with Crippen molar-refractivity contribution in [3.63, 3.8) is 0 Å². The molecule has 1 aromatic rings. The van der Waals surface area contributed by atoms with E-state index in [0.29, 0.717) is 0 Å². The van der Waals surface area contributed by atoms with Crippen molar-refractivity contribution in [2.75, 3.05) is 13.7 Å². The quantitative estimate of drug-likeness (QED) is 0.809. The third kappa shape index (κ3) is 3.06. The van der Waals surface area contributed by atoms with Crippen LogP contribution < -0.4 is 5.32 Å². The van der Waals surface area contributed by atoms with Crippen molar-refractivity contribution in [1.29, 1.82) is 0 Å². The standard InChI is InChI=1S/C13H20N2OS/c1-16-7-6-12-15-13(9-2-3-9)11(17-12)8-14-10-4-5-10/h9-10,14H,2-8H2,1H3. The highest BCUT2D eigenvalue weighted by Gasteiger charge is 2.30. The summed E-state index contributed by atoms with van der Waals surface area (Å²) in [5, 5.41) is 4.86. The molecule has 2 aliphatic carbocycles. The number of nitrogens with one attached hydrogen (secondary N) is 1. The lowest BCUT2D eigenvalue weighted by Crippen LogP contribution is -2.15. The zero-order chi connectivity index (χ0) is 11.7. The van der Waals surface area contributed by atoms with Gasteiger partial charge in [0.1, 0.15) is 0 Å². The Bertz CT molecular complexity index is 383. The number of hydrogen-bond donors (Lipinski definition) is 1. The number of rotatable bonds is 7. The second-order valence-electron chi connectivity index (χ2n) is 5.09. The molecule has 1 heterocycles. The molecular weight excluding hydrogens is 232 g/mol. The predicted molar refractivity (Wildman–Crippen MR) is 69.5 cm³/mol. The SMILES string of the molecule is COCCc1nc(C2CC2)c(CNC2CC2)s1. The molecule has 3 nitrogen and oxygen atoms in total. The van der Waals surface area contributed by atoms with Gasteiger partial charge in [-0.15, -0.1) is 11.3 Å². The Hall–Kier alpha value is -0.450. The molecule has 0 bridgehead atoms. The van der Waals surface area contributed by atoms with Crippen LogP contribution in [0.4, 0.5) is 0 Å². The number of hydrogen-bond acceptors (Lipinski definition) is 4. The van der Waals surface area contributed by atoms with Crippen molar-refractivity contribution in [1.82, 2.24) is 10.3 Å². The molecule has 2 saturated carbocycles. The van der Waals surface area contributed by atoms with Crippen LogP contribution >= 0.6 is 11.3 Å². The van der Waals surface area contributed by atoms with Crippen molar-refractivity contribution in [3.8, 4) is 0 Å². The Morgan fingerprint density at radius 3 is 2.82 bits per heavy atom. The molecule has 1 N–H and O–H groups in total. The first-order valence-corrected chi connectivity index (χ1v) is 7.39. The molecule has 0 spiro atoms. The summed E-state index contributed by atoms with van der Waals surface area (Å²) in [7, 11) is 1.75. The molecule has 4 heteroatoms. The van der Waals surface area contributed by atoms with Crippen LogP contribution in [0, 0.1) is 0 Å². The largest absolute Gasteiger partial charge is 0.384 e. The normalized spacial score (nSPS) is 19.8. The van der Waals surface area contributed by atoms with Gasteiger partial charge in [0.2, 0.25) is 0 Å². The fourth-order valence-electron chi connectivity index (χ4n) is 2.04.